The van der Waals surface area contributed by atoms with E-state index < -0.39 is 0 Å². The average Bonchev–Trinajstić information content (AvgIpc) is 2.80. The van der Waals surface area contributed by atoms with Crippen molar-refractivity contribution >= 4 is 17.4 Å². The summed E-state index contributed by atoms with van der Waals surface area (Å²) in [6.45, 7) is 2.62. The largest absolute Gasteiger partial charge is 0.455 e. The zero-order valence-electron chi connectivity index (χ0n) is 16.5. The van der Waals surface area contributed by atoms with Crippen LogP contribution in [-0.4, -0.2) is 37.1 Å². The van der Waals surface area contributed by atoms with E-state index in [9.17, 15) is 4.79 Å². The fourth-order valence-corrected chi connectivity index (χ4v) is 3.44. The van der Waals surface area contributed by atoms with Crippen LogP contribution in [0.4, 0.5) is 16.2 Å². The number of piperazine rings is 1. The summed E-state index contributed by atoms with van der Waals surface area (Å²) in [5.74, 6) is 1.59. The molecule has 4 rings (SSSR count). The first-order valence-electron chi connectivity index (χ1n) is 9.86. The Kier molecular flexibility index (Phi) is 5.81. The van der Waals surface area contributed by atoms with Crippen molar-refractivity contribution < 1.29 is 9.53 Å². The normalized spacial score (nSPS) is 13.4. The first kappa shape index (κ1) is 19.3. The highest BCUT2D eigenvalue weighted by Gasteiger charge is 2.23. The molecular weight excluding hydrogens is 376 g/mol. The Labute approximate surface area is 175 Å². The van der Waals surface area contributed by atoms with E-state index in [2.05, 4.69) is 16.3 Å². The molecule has 0 atom stereocenters. The molecule has 3 aromatic rings. The molecule has 3 aromatic carbocycles. The van der Waals surface area contributed by atoms with Gasteiger partial charge in [-0.05, 0) is 42.5 Å². The fraction of sp³-hybridized carbons (Fsp3) is 0.167. The number of rotatable bonds is 4. The molecule has 1 heterocycles. The van der Waals surface area contributed by atoms with Crippen LogP contribution < -0.4 is 15.0 Å². The molecule has 0 aromatic heterocycles. The predicted octanol–water partition coefficient (Wildman–Crippen LogP) is 4.70. The second-order valence-electron chi connectivity index (χ2n) is 6.98. The van der Waals surface area contributed by atoms with E-state index >= 15 is 0 Å². The minimum Gasteiger partial charge on any atom is -0.455 e. The van der Waals surface area contributed by atoms with Gasteiger partial charge in [0, 0.05) is 31.9 Å². The van der Waals surface area contributed by atoms with Gasteiger partial charge in [-0.1, -0.05) is 36.4 Å². The van der Waals surface area contributed by atoms with Crippen molar-refractivity contribution in [2.45, 2.75) is 0 Å². The van der Waals surface area contributed by atoms with E-state index in [1.807, 2.05) is 54.6 Å². The van der Waals surface area contributed by atoms with Crippen LogP contribution in [0.3, 0.4) is 0 Å². The molecule has 1 aliphatic heterocycles. The zero-order valence-corrected chi connectivity index (χ0v) is 16.5. The number of nitriles is 1. The van der Waals surface area contributed by atoms with Crippen molar-refractivity contribution in [3.8, 4) is 17.6 Å². The van der Waals surface area contributed by atoms with E-state index in [-0.39, 0.29) is 6.03 Å². The summed E-state index contributed by atoms with van der Waals surface area (Å²) < 4.78 is 6.08. The van der Waals surface area contributed by atoms with Gasteiger partial charge in [0.25, 0.3) is 0 Å². The van der Waals surface area contributed by atoms with Crippen molar-refractivity contribution in [2.75, 3.05) is 36.4 Å². The van der Waals surface area contributed by atoms with Gasteiger partial charge in [-0.15, -0.1) is 0 Å². The molecule has 30 heavy (non-hydrogen) atoms. The Bertz CT molecular complexity index is 1050. The summed E-state index contributed by atoms with van der Waals surface area (Å²) in [6.07, 6.45) is 0. The quantitative estimate of drug-likeness (QED) is 0.691. The molecule has 1 N–H and O–H groups in total. The third-order valence-corrected chi connectivity index (χ3v) is 4.99. The monoisotopic (exact) mass is 398 g/mol. The smallest absolute Gasteiger partial charge is 0.321 e. The molecule has 1 fully saturated rings. The Hall–Kier alpha value is -3.98. The molecule has 6 heteroatoms. The molecule has 0 spiro atoms. The van der Waals surface area contributed by atoms with E-state index in [0.29, 0.717) is 37.4 Å². The van der Waals surface area contributed by atoms with Gasteiger partial charge in [0.15, 0.2) is 5.75 Å². The standard InChI is InChI=1S/C24H22N4O2/c25-18-19-7-6-8-20(17-19)26-24(29)28-15-13-27(14-16-28)22-11-4-5-12-23(22)30-21-9-2-1-3-10-21/h1-12,17H,13-16H2,(H,26,29). The van der Waals surface area contributed by atoms with Crippen LogP contribution in [0.1, 0.15) is 5.56 Å². The summed E-state index contributed by atoms with van der Waals surface area (Å²) in [6, 6.07) is 26.5. The lowest BCUT2D eigenvalue weighted by Crippen LogP contribution is -2.50. The van der Waals surface area contributed by atoms with E-state index in [4.69, 9.17) is 10.00 Å². The first-order chi connectivity index (χ1) is 14.7. The van der Waals surface area contributed by atoms with E-state index in [1.54, 1.807) is 29.2 Å². The Balaban J connectivity index is 1.39. The fourth-order valence-electron chi connectivity index (χ4n) is 3.44. The third kappa shape index (κ3) is 4.53. The van der Waals surface area contributed by atoms with Crippen LogP contribution in [0, 0.1) is 11.3 Å². The topological polar surface area (TPSA) is 68.6 Å². The lowest BCUT2D eigenvalue weighted by Gasteiger charge is -2.36. The van der Waals surface area contributed by atoms with Gasteiger partial charge in [0.05, 0.1) is 17.3 Å². The molecular formula is C24H22N4O2. The molecule has 2 amide bonds. The number of anilines is 2. The maximum absolute atomic E-state index is 12.6. The van der Waals surface area contributed by atoms with Crippen LogP contribution in [0.15, 0.2) is 78.9 Å². The number of benzene rings is 3. The number of carbonyl (C=O) groups is 1. The Morgan fingerprint density at radius 1 is 0.900 bits per heavy atom. The summed E-state index contributed by atoms with van der Waals surface area (Å²) in [5.41, 5.74) is 2.17. The highest BCUT2D eigenvalue weighted by molar-refractivity contribution is 5.89. The van der Waals surface area contributed by atoms with Gasteiger partial charge < -0.3 is 19.9 Å². The van der Waals surface area contributed by atoms with Gasteiger partial charge in [-0.3, -0.25) is 0 Å². The minimum atomic E-state index is -0.154. The molecule has 0 saturated carbocycles. The molecule has 1 saturated heterocycles. The van der Waals surface area contributed by atoms with Crippen LogP contribution in [-0.2, 0) is 0 Å². The number of ether oxygens (including phenoxy) is 1. The second-order valence-corrected chi connectivity index (χ2v) is 6.98. The van der Waals surface area contributed by atoms with Gasteiger partial charge in [-0.2, -0.15) is 5.26 Å². The second kappa shape index (κ2) is 9.01. The molecule has 0 radical (unpaired) electrons. The highest BCUT2D eigenvalue weighted by atomic mass is 16.5. The minimum absolute atomic E-state index is 0.154. The predicted molar refractivity (Wildman–Crippen MR) is 117 cm³/mol. The van der Waals surface area contributed by atoms with Gasteiger partial charge in [0.1, 0.15) is 5.75 Å². The third-order valence-electron chi connectivity index (χ3n) is 4.99. The SMILES string of the molecule is N#Cc1cccc(NC(=O)N2CCN(c3ccccc3Oc3ccccc3)CC2)c1. The number of hydrogen-bond acceptors (Lipinski definition) is 4. The van der Waals surface area contributed by atoms with Gasteiger partial charge in [-0.25, -0.2) is 4.79 Å². The maximum atomic E-state index is 12.6. The van der Waals surface area contributed by atoms with Crippen LogP contribution in [0.2, 0.25) is 0 Å². The number of nitrogens with one attached hydrogen (secondary N) is 1. The zero-order chi connectivity index (χ0) is 20.8. The number of para-hydroxylation sites is 3. The number of hydrogen-bond donors (Lipinski definition) is 1. The number of carbonyl (C=O) groups excluding carboxylic acids is 1. The Morgan fingerprint density at radius 2 is 1.63 bits per heavy atom. The number of nitrogens with zero attached hydrogens (tertiary/aromatic N) is 3. The summed E-state index contributed by atoms with van der Waals surface area (Å²) in [7, 11) is 0. The Morgan fingerprint density at radius 3 is 2.40 bits per heavy atom. The van der Waals surface area contributed by atoms with Gasteiger partial charge >= 0.3 is 6.03 Å². The van der Waals surface area contributed by atoms with Crippen LogP contribution in [0.5, 0.6) is 11.5 Å². The number of amides is 2. The number of urea groups is 1. The molecule has 6 nitrogen and oxygen atoms in total. The molecule has 0 unspecified atom stereocenters. The molecule has 0 aliphatic carbocycles. The van der Waals surface area contributed by atoms with E-state index in [0.717, 1.165) is 17.2 Å². The van der Waals surface area contributed by atoms with Crippen molar-refractivity contribution in [3.05, 3.63) is 84.4 Å². The summed E-state index contributed by atoms with van der Waals surface area (Å²) in [5, 5.41) is 11.9. The highest BCUT2D eigenvalue weighted by Crippen LogP contribution is 2.32. The summed E-state index contributed by atoms with van der Waals surface area (Å²) >= 11 is 0. The van der Waals surface area contributed by atoms with Crippen molar-refractivity contribution in [1.29, 1.82) is 5.26 Å². The molecule has 150 valence electrons. The molecule has 1 aliphatic rings. The molecule has 0 bridgehead atoms. The first-order valence-corrected chi connectivity index (χ1v) is 9.86. The van der Waals surface area contributed by atoms with Crippen molar-refractivity contribution in [3.63, 3.8) is 0 Å². The van der Waals surface area contributed by atoms with Gasteiger partial charge in [0.2, 0.25) is 0 Å². The lowest BCUT2D eigenvalue weighted by molar-refractivity contribution is 0.208. The lowest BCUT2D eigenvalue weighted by atomic mass is 10.2. The van der Waals surface area contributed by atoms with Crippen molar-refractivity contribution in [2.24, 2.45) is 0 Å². The van der Waals surface area contributed by atoms with Crippen molar-refractivity contribution in [1.82, 2.24) is 4.90 Å². The van der Waals surface area contributed by atoms with Crippen LogP contribution >= 0.6 is 0 Å². The van der Waals surface area contributed by atoms with Crippen LogP contribution in [0.25, 0.3) is 0 Å². The maximum Gasteiger partial charge on any atom is 0.321 e. The van der Waals surface area contributed by atoms with E-state index in [1.165, 1.54) is 0 Å². The summed E-state index contributed by atoms with van der Waals surface area (Å²) in [4.78, 5) is 16.6. The average molecular weight is 398 g/mol.